The lowest BCUT2D eigenvalue weighted by Crippen LogP contribution is -2.24. The Labute approximate surface area is 157 Å². The van der Waals surface area contributed by atoms with E-state index in [1.807, 2.05) is 65.8 Å². The normalized spacial score (nSPS) is 12.9. The molecule has 0 aromatic heterocycles. The minimum Gasteiger partial charge on any atom is -0.456 e. The SMILES string of the molecule is C=CCC(C(=O)C(C=C(C)C)=CC)c1ccc(C(=O)OC(C)(C)C)cc1. The van der Waals surface area contributed by atoms with Gasteiger partial charge in [0.2, 0.25) is 0 Å². The van der Waals surface area contributed by atoms with Crippen molar-refractivity contribution in [2.45, 2.75) is 59.5 Å². The van der Waals surface area contributed by atoms with Crippen LogP contribution in [0.4, 0.5) is 0 Å². The fourth-order valence-corrected chi connectivity index (χ4v) is 2.56. The summed E-state index contributed by atoms with van der Waals surface area (Å²) in [4.78, 5) is 25.1. The Kier molecular flexibility index (Phi) is 7.76. The van der Waals surface area contributed by atoms with Crippen molar-refractivity contribution in [3.05, 3.63) is 71.3 Å². The van der Waals surface area contributed by atoms with E-state index in [0.29, 0.717) is 17.6 Å². The molecule has 1 unspecified atom stereocenters. The summed E-state index contributed by atoms with van der Waals surface area (Å²) in [5, 5.41) is 0. The standard InChI is InChI=1S/C23H30O3/c1-8-10-20(21(24)17(9-2)15-16(3)4)18-11-13-19(14-12-18)22(25)26-23(5,6)7/h8-9,11-15,20H,1,10H2,2-7H3. The summed E-state index contributed by atoms with van der Waals surface area (Å²) < 4.78 is 5.38. The van der Waals surface area contributed by atoms with Crippen LogP contribution in [0.3, 0.4) is 0 Å². The lowest BCUT2D eigenvalue weighted by Gasteiger charge is -2.20. The van der Waals surface area contributed by atoms with Gasteiger partial charge in [-0.2, -0.15) is 0 Å². The van der Waals surface area contributed by atoms with Gasteiger partial charge in [-0.1, -0.05) is 35.9 Å². The van der Waals surface area contributed by atoms with Crippen molar-refractivity contribution in [3.63, 3.8) is 0 Å². The summed E-state index contributed by atoms with van der Waals surface area (Å²) in [6, 6.07) is 7.06. The Morgan fingerprint density at radius 3 is 2.15 bits per heavy atom. The Morgan fingerprint density at radius 1 is 1.15 bits per heavy atom. The molecule has 0 saturated heterocycles. The number of allylic oxidation sites excluding steroid dienone is 5. The number of Topliss-reactive ketones (excluding diaryl/α,β-unsaturated/α-hetero) is 1. The second-order valence-corrected chi connectivity index (χ2v) is 7.53. The smallest absolute Gasteiger partial charge is 0.338 e. The van der Waals surface area contributed by atoms with Crippen molar-refractivity contribution >= 4 is 11.8 Å². The van der Waals surface area contributed by atoms with E-state index < -0.39 is 5.60 Å². The Hall–Kier alpha value is -2.42. The Balaban J connectivity index is 3.11. The van der Waals surface area contributed by atoms with Crippen molar-refractivity contribution < 1.29 is 14.3 Å². The molecule has 140 valence electrons. The molecule has 3 heteroatoms. The van der Waals surface area contributed by atoms with Crippen LogP contribution in [0.1, 0.15) is 69.8 Å². The van der Waals surface area contributed by atoms with Crippen molar-refractivity contribution in [3.8, 4) is 0 Å². The number of hydrogen-bond acceptors (Lipinski definition) is 3. The van der Waals surface area contributed by atoms with Gasteiger partial charge in [0.15, 0.2) is 5.78 Å². The minimum absolute atomic E-state index is 0.0543. The third-order valence-corrected chi connectivity index (χ3v) is 3.71. The maximum absolute atomic E-state index is 13.0. The lowest BCUT2D eigenvalue weighted by molar-refractivity contribution is -0.116. The average molecular weight is 354 g/mol. The number of hydrogen-bond donors (Lipinski definition) is 0. The van der Waals surface area contributed by atoms with Gasteiger partial charge in [-0.3, -0.25) is 4.79 Å². The number of benzene rings is 1. The van der Waals surface area contributed by atoms with Gasteiger partial charge >= 0.3 is 5.97 Å². The van der Waals surface area contributed by atoms with Crippen LogP contribution in [0, 0.1) is 0 Å². The van der Waals surface area contributed by atoms with Crippen LogP contribution < -0.4 is 0 Å². The molecule has 1 aromatic rings. The zero-order valence-corrected chi connectivity index (χ0v) is 16.8. The molecular weight excluding hydrogens is 324 g/mol. The largest absolute Gasteiger partial charge is 0.456 e. The predicted octanol–water partition coefficient (Wildman–Crippen LogP) is 5.78. The topological polar surface area (TPSA) is 43.4 Å². The van der Waals surface area contributed by atoms with Gasteiger partial charge in [-0.25, -0.2) is 4.79 Å². The molecule has 3 nitrogen and oxygen atoms in total. The Morgan fingerprint density at radius 2 is 1.73 bits per heavy atom. The number of carbonyl (C=O) groups is 2. The maximum atomic E-state index is 13.0. The third-order valence-electron chi connectivity index (χ3n) is 3.71. The summed E-state index contributed by atoms with van der Waals surface area (Å²) in [5.41, 5.74) is 2.56. The first-order chi connectivity index (χ1) is 12.1. The van der Waals surface area contributed by atoms with Crippen LogP contribution in [-0.2, 0) is 9.53 Å². The van der Waals surface area contributed by atoms with E-state index in [2.05, 4.69) is 6.58 Å². The first-order valence-electron chi connectivity index (χ1n) is 8.88. The predicted molar refractivity (Wildman–Crippen MR) is 107 cm³/mol. The van der Waals surface area contributed by atoms with E-state index in [1.165, 1.54) is 0 Å². The molecule has 0 radical (unpaired) electrons. The summed E-state index contributed by atoms with van der Waals surface area (Å²) in [5.74, 6) is -0.630. The zero-order valence-electron chi connectivity index (χ0n) is 16.8. The molecule has 0 N–H and O–H groups in total. The fraction of sp³-hybridized carbons (Fsp3) is 0.391. The van der Waals surface area contributed by atoms with E-state index in [-0.39, 0.29) is 17.7 Å². The van der Waals surface area contributed by atoms with E-state index in [4.69, 9.17) is 4.74 Å². The summed E-state index contributed by atoms with van der Waals surface area (Å²) in [7, 11) is 0. The lowest BCUT2D eigenvalue weighted by atomic mass is 9.87. The third kappa shape index (κ3) is 6.47. The molecule has 0 aliphatic carbocycles. The number of esters is 1. The Bertz CT molecular complexity index is 709. The second kappa shape index (κ2) is 9.33. The average Bonchev–Trinajstić information content (AvgIpc) is 2.55. The van der Waals surface area contributed by atoms with Crippen molar-refractivity contribution in [2.75, 3.05) is 0 Å². The molecule has 26 heavy (non-hydrogen) atoms. The van der Waals surface area contributed by atoms with Gasteiger partial charge in [0.05, 0.1) is 11.5 Å². The quantitative estimate of drug-likeness (QED) is 0.270. The highest BCUT2D eigenvalue weighted by molar-refractivity contribution is 6.03. The van der Waals surface area contributed by atoms with Crippen LogP contribution in [-0.4, -0.2) is 17.4 Å². The van der Waals surface area contributed by atoms with Crippen LogP contribution in [0.5, 0.6) is 0 Å². The van der Waals surface area contributed by atoms with E-state index >= 15 is 0 Å². The zero-order chi connectivity index (χ0) is 19.9. The summed E-state index contributed by atoms with van der Waals surface area (Å²) in [6.07, 6.45) is 6.02. The molecular formula is C23H30O3. The number of ketones is 1. The van der Waals surface area contributed by atoms with Crippen LogP contribution >= 0.6 is 0 Å². The van der Waals surface area contributed by atoms with Crippen LogP contribution in [0.25, 0.3) is 0 Å². The van der Waals surface area contributed by atoms with Crippen LogP contribution in [0.15, 0.2) is 60.2 Å². The molecule has 1 rings (SSSR count). The molecule has 0 heterocycles. The van der Waals surface area contributed by atoms with Gasteiger partial charge in [-0.05, 0) is 65.7 Å². The van der Waals surface area contributed by atoms with Crippen LogP contribution in [0.2, 0.25) is 0 Å². The van der Waals surface area contributed by atoms with Gasteiger partial charge < -0.3 is 4.74 Å². The fourth-order valence-electron chi connectivity index (χ4n) is 2.56. The maximum Gasteiger partial charge on any atom is 0.338 e. The van der Waals surface area contributed by atoms with Crippen molar-refractivity contribution in [1.82, 2.24) is 0 Å². The first-order valence-corrected chi connectivity index (χ1v) is 8.88. The summed E-state index contributed by atoms with van der Waals surface area (Å²) >= 11 is 0. The van der Waals surface area contributed by atoms with Gasteiger partial charge in [0.1, 0.15) is 5.60 Å². The second-order valence-electron chi connectivity index (χ2n) is 7.53. The van der Waals surface area contributed by atoms with Crippen molar-refractivity contribution in [2.24, 2.45) is 0 Å². The number of carbonyl (C=O) groups excluding carboxylic acids is 2. The molecule has 0 saturated carbocycles. The van der Waals surface area contributed by atoms with E-state index in [0.717, 1.165) is 11.1 Å². The van der Waals surface area contributed by atoms with Gasteiger partial charge in [0, 0.05) is 5.57 Å². The highest BCUT2D eigenvalue weighted by Crippen LogP contribution is 2.26. The van der Waals surface area contributed by atoms with E-state index in [1.54, 1.807) is 18.2 Å². The highest BCUT2D eigenvalue weighted by atomic mass is 16.6. The van der Waals surface area contributed by atoms with Gasteiger partial charge in [-0.15, -0.1) is 6.58 Å². The monoisotopic (exact) mass is 354 g/mol. The molecule has 0 amide bonds. The molecule has 0 aliphatic rings. The highest BCUT2D eigenvalue weighted by Gasteiger charge is 2.23. The van der Waals surface area contributed by atoms with Crippen molar-refractivity contribution in [1.29, 1.82) is 0 Å². The van der Waals surface area contributed by atoms with E-state index in [9.17, 15) is 9.59 Å². The molecule has 0 spiro atoms. The molecule has 0 fully saturated rings. The number of rotatable bonds is 7. The minimum atomic E-state index is -0.539. The molecule has 1 aromatic carbocycles. The number of ether oxygens (including phenoxy) is 1. The van der Waals surface area contributed by atoms with Gasteiger partial charge in [0.25, 0.3) is 0 Å². The molecule has 0 bridgehead atoms. The molecule has 1 atom stereocenters. The molecule has 0 aliphatic heterocycles. The first kappa shape index (κ1) is 21.6. The summed E-state index contributed by atoms with van der Waals surface area (Å²) in [6.45, 7) is 15.1.